The summed E-state index contributed by atoms with van der Waals surface area (Å²) in [5, 5.41) is 10.0. The highest BCUT2D eigenvalue weighted by molar-refractivity contribution is 6.07. The van der Waals surface area contributed by atoms with E-state index in [0.29, 0.717) is 5.92 Å². The van der Waals surface area contributed by atoms with E-state index in [2.05, 4.69) is 32.5 Å². The van der Waals surface area contributed by atoms with Gasteiger partial charge in [0.05, 0.1) is 11.1 Å². The van der Waals surface area contributed by atoms with Crippen LogP contribution in [-0.2, 0) is 0 Å². The van der Waals surface area contributed by atoms with E-state index < -0.39 is 0 Å². The van der Waals surface area contributed by atoms with Crippen LogP contribution >= 0.6 is 0 Å². The number of benzene rings is 1. The summed E-state index contributed by atoms with van der Waals surface area (Å²) in [4.78, 5) is 6.09. The SMILES string of the molecule is Cc1noc2cc(C3CN(C4CCNCC4)C3)c3[nH]ccc3c12. The Balaban J connectivity index is 1.47. The number of H-pyrrole nitrogens is 1. The highest BCUT2D eigenvalue weighted by Gasteiger charge is 2.35. The van der Waals surface area contributed by atoms with Crippen LogP contribution in [0.4, 0.5) is 0 Å². The summed E-state index contributed by atoms with van der Waals surface area (Å²) in [6.07, 6.45) is 4.60. The van der Waals surface area contributed by atoms with Crippen LogP contribution in [0.2, 0.25) is 0 Å². The summed E-state index contributed by atoms with van der Waals surface area (Å²) in [5.74, 6) is 0.598. The predicted octanol–water partition coefficient (Wildman–Crippen LogP) is 2.77. The fraction of sp³-hybridized carbons (Fsp3) is 0.500. The van der Waals surface area contributed by atoms with Gasteiger partial charge in [0.25, 0.3) is 0 Å². The zero-order chi connectivity index (χ0) is 15.4. The van der Waals surface area contributed by atoms with Crippen molar-refractivity contribution < 1.29 is 4.52 Å². The number of aromatic amines is 1. The average molecular weight is 310 g/mol. The van der Waals surface area contributed by atoms with Crippen molar-refractivity contribution >= 4 is 21.9 Å². The lowest BCUT2D eigenvalue weighted by Gasteiger charge is -2.46. The highest BCUT2D eigenvalue weighted by atomic mass is 16.5. The summed E-state index contributed by atoms with van der Waals surface area (Å²) < 4.78 is 5.54. The molecule has 4 heterocycles. The molecule has 3 aromatic rings. The fourth-order valence-corrected chi connectivity index (χ4v) is 4.34. The molecule has 0 amide bonds. The van der Waals surface area contributed by atoms with Crippen molar-refractivity contribution in [1.29, 1.82) is 0 Å². The predicted molar refractivity (Wildman–Crippen MR) is 90.8 cm³/mol. The minimum atomic E-state index is 0.598. The average Bonchev–Trinajstić information content (AvgIpc) is 3.14. The zero-order valence-electron chi connectivity index (χ0n) is 13.4. The van der Waals surface area contributed by atoms with Gasteiger partial charge in [0.1, 0.15) is 0 Å². The second kappa shape index (κ2) is 5.08. The van der Waals surface area contributed by atoms with Gasteiger partial charge in [0, 0.05) is 42.1 Å². The molecule has 2 aliphatic rings. The number of rotatable bonds is 2. The fourth-order valence-electron chi connectivity index (χ4n) is 4.34. The Kier molecular flexibility index (Phi) is 3.00. The molecule has 2 aliphatic heterocycles. The Morgan fingerprint density at radius 1 is 1.26 bits per heavy atom. The third kappa shape index (κ3) is 2.03. The van der Waals surface area contributed by atoms with Crippen molar-refractivity contribution in [2.24, 2.45) is 0 Å². The lowest BCUT2D eigenvalue weighted by atomic mass is 9.86. The molecule has 2 N–H and O–H groups in total. The van der Waals surface area contributed by atoms with Gasteiger partial charge in [-0.1, -0.05) is 5.16 Å². The number of hydrogen-bond donors (Lipinski definition) is 2. The largest absolute Gasteiger partial charge is 0.361 e. The van der Waals surface area contributed by atoms with E-state index in [-0.39, 0.29) is 0 Å². The molecule has 0 bridgehead atoms. The Morgan fingerprint density at radius 2 is 2.09 bits per heavy atom. The van der Waals surface area contributed by atoms with Gasteiger partial charge in [-0.15, -0.1) is 0 Å². The number of aryl methyl sites for hydroxylation is 1. The van der Waals surface area contributed by atoms with Gasteiger partial charge < -0.3 is 14.8 Å². The van der Waals surface area contributed by atoms with Crippen molar-refractivity contribution in [3.05, 3.63) is 29.6 Å². The highest BCUT2D eigenvalue weighted by Crippen LogP contribution is 2.38. The first kappa shape index (κ1) is 13.6. The molecule has 5 heteroatoms. The van der Waals surface area contributed by atoms with Gasteiger partial charge in [-0.2, -0.15) is 0 Å². The van der Waals surface area contributed by atoms with Crippen molar-refractivity contribution in [1.82, 2.24) is 20.4 Å². The van der Waals surface area contributed by atoms with Crippen molar-refractivity contribution in [3.8, 4) is 0 Å². The van der Waals surface area contributed by atoms with Crippen molar-refractivity contribution in [3.63, 3.8) is 0 Å². The van der Waals surface area contributed by atoms with E-state index >= 15 is 0 Å². The quantitative estimate of drug-likeness (QED) is 0.764. The number of nitrogens with one attached hydrogen (secondary N) is 2. The minimum absolute atomic E-state index is 0.598. The number of fused-ring (bicyclic) bond motifs is 3. The molecule has 2 fully saturated rings. The molecule has 0 saturated carbocycles. The second-order valence-electron chi connectivity index (χ2n) is 7.01. The maximum absolute atomic E-state index is 5.54. The summed E-state index contributed by atoms with van der Waals surface area (Å²) >= 11 is 0. The van der Waals surface area contributed by atoms with Crippen LogP contribution in [0.3, 0.4) is 0 Å². The first-order chi connectivity index (χ1) is 11.3. The van der Waals surface area contributed by atoms with Crippen molar-refractivity contribution in [2.45, 2.75) is 31.7 Å². The molecular formula is C18H22N4O. The van der Waals surface area contributed by atoms with Gasteiger partial charge in [-0.25, -0.2) is 0 Å². The molecular weight excluding hydrogens is 288 g/mol. The van der Waals surface area contributed by atoms with Crippen LogP contribution in [0.15, 0.2) is 22.9 Å². The summed E-state index contributed by atoms with van der Waals surface area (Å²) in [5.41, 5.74) is 4.55. The van der Waals surface area contributed by atoms with Gasteiger partial charge in [0.2, 0.25) is 0 Å². The summed E-state index contributed by atoms with van der Waals surface area (Å²) in [6, 6.07) is 5.12. The zero-order valence-corrected chi connectivity index (χ0v) is 13.4. The Bertz CT molecular complexity index is 853. The first-order valence-corrected chi connectivity index (χ1v) is 8.62. The molecule has 23 heavy (non-hydrogen) atoms. The molecule has 0 atom stereocenters. The van der Waals surface area contributed by atoms with Gasteiger partial charge in [-0.05, 0) is 50.6 Å². The molecule has 1 aromatic carbocycles. The van der Waals surface area contributed by atoms with Crippen LogP contribution in [0.5, 0.6) is 0 Å². The molecule has 5 rings (SSSR count). The topological polar surface area (TPSA) is 57.1 Å². The number of nitrogens with zero attached hydrogens (tertiary/aromatic N) is 2. The van der Waals surface area contributed by atoms with E-state index in [9.17, 15) is 0 Å². The van der Waals surface area contributed by atoms with Crippen LogP contribution in [0.25, 0.3) is 21.9 Å². The van der Waals surface area contributed by atoms with E-state index in [1.807, 2.05) is 13.1 Å². The lowest BCUT2D eigenvalue weighted by molar-refractivity contribution is 0.0734. The minimum Gasteiger partial charge on any atom is -0.361 e. The Morgan fingerprint density at radius 3 is 2.91 bits per heavy atom. The van der Waals surface area contributed by atoms with Gasteiger partial charge >= 0.3 is 0 Å². The normalized spacial score (nSPS) is 21.3. The standard InChI is InChI=1S/C18H22N4O/c1-11-17-14-4-7-20-18(14)15(8-16(17)23-21-11)12-9-22(10-12)13-2-5-19-6-3-13/h4,7-8,12-13,19-20H,2-3,5-6,9-10H2,1H3. The lowest BCUT2D eigenvalue weighted by Crippen LogP contribution is -2.53. The third-order valence-electron chi connectivity index (χ3n) is 5.66. The van der Waals surface area contributed by atoms with Gasteiger partial charge in [0.15, 0.2) is 5.58 Å². The molecule has 0 radical (unpaired) electrons. The number of aromatic nitrogens is 2. The van der Waals surface area contributed by atoms with E-state index in [1.54, 1.807) is 0 Å². The third-order valence-corrected chi connectivity index (χ3v) is 5.66. The molecule has 5 nitrogen and oxygen atoms in total. The molecule has 0 aliphatic carbocycles. The van der Waals surface area contributed by atoms with E-state index in [4.69, 9.17) is 4.52 Å². The first-order valence-electron chi connectivity index (χ1n) is 8.62. The van der Waals surface area contributed by atoms with E-state index in [1.165, 1.54) is 29.3 Å². The molecule has 2 aromatic heterocycles. The van der Waals surface area contributed by atoms with Crippen molar-refractivity contribution in [2.75, 3.05) is 26.2 Å². The van der Waals surface area contributed by atoms with Crippen LogP contribution in [0, 0.1) is 6.92 Å². The number of piperidine rings is 1. The van der Waals surface area contributed by atoms with Crippen LogP contribution in [0.1, 0.15) is 30.0 Å². The maximum Gasteiger partial charge on any atom is 0.168 e. The van der Waals surface area contributed by atoms with Crippen LogP contribution in [-0.4, -0.2) is 47.3 Å². The molecule has 0 unspecified atom stereocenters. The van der Waals surface area contributed by atoms with E-state index in [0.717, 1.165) is 48.9 Å². The smallest absolute Gasteiger partial charge is 0.168 e. The van der Waals surface area contributed by atoms with Gasteiger partial charge in [-0.3, -0.25) is 4.90 Å². The number of hydrogen-bond acceptors (Lipinski definition) is 4. The Labute approximate surface area is 135 Å². The second-order valence-corrected chi connectivity index (χ2v) is 7.01. The molecule has 120 valence electrons. The number of likely N-dealkylation sites (tertiary alicyclic amines) is 1. The van der Waals surface area contributed by atoms with Crippen LogP contribution < -0.4 is 5.32 Å². The monoisotopic (exact) mass is 310 g/mol. The Hall–Kier alpha value is -1.85. The summed E-state index contributed by atoms with van der Waals surface area (Å²) in [6.45, 7) is 6.67. The maximum atomic E-state index is 5.54. The molecule has 0 spiro atoms. The summed E-state index contributed by atoms with van der Waals surface area (Å²) in [7, 11) is 0. The molecule has 2 saturated heterocycles.